The third-order valence-electron chi connectivity index (χ3n) is 2.87. The highest BCUT2D eigenvalue weighted by Gasteiger charge is 2.28. The zero-order valence-electron chi connectivity index (χ0n) is 12.0. The Kier molecular flexibility index (Phi) is 4.45. The topological polar surface area (TPSA) is 109 Å². The average Bonchev–Trinajstić information content (AvgIpc) is 2.28. The maximum Gasteiger partial charge on any atom is 0.241 e. The van der Waals surface area contributed by atoms with E-state index >= 15 is 0 Å². The third kappa shape index (κ3) is 3.94. The van der Waals surface area contributed by atoms with Crippen LogP contribution in [0.5, 0.6) is 5.75 Å². The molecule has 1 aromatic carbocycles. The number of nitrogens with two attached hydrogens (primary N) is 1. The normalized spacial score (nSPS) is 13.8. The fourth-order valence-corrected chi connectivity index (χ4v) is 2.10. The van der Waals surface area contributed by atoms with Crippen LogP contribution >= 0.6 is 0 Å². The standard InChI is InChI=1S/C13H20N2O4S/c1-13(2,3)11(14)12(17)15-9-7-8(20(4,18)19)5-6-10(9)16/h5-7,11,16H,14H2,1-4H3,(H,15,17). The maximum absolute atomic E-state index is 12.0. The summed E-state index contributed by atoms with van der Waals surface area (Å²) in [5, 5.41) is 12.1. The van der Waals surface area contributed by atoms with Gasteiger partial charge in [0.05, 0.1) is 16.6 Å². The molecular formula is C13H20N2O4S. The highest BCUT2D eigenvalue weighted by atomic mass is 32.2. The quantitative estimate of drug-likeness (QED) is 0.724. The van der Waals surface area contributed by atoms with Crippen molar-refractivity contribution < 1.29 is 18.3 Å². The van der Waals surface area contributed by atoms with Gasteiger partial charge in [0.25, 0.3) is 0 Å². The number of amides is 1. The van der Waals surface area contributed by atoms with Crippen molar-refractivity contribution in [1.82, 2.24) is 0 Å². The Bertz CT molecular complexity index is 618. The molecule has 0 heterocycles. The SMILES string of the molecule is CC(C)(C)C(N)C(=O)Nc1cc(S(C)(=O)=O)ccc1O. The van der Waals surface area contributed by atoms with E-state index in [1.807, 2.05) is 20.8 Å². The number of hydrogen-bond donors (Lipinski definition) is 3. The van der Waals surface area contributed by atoms with E-state index in [9.17, 15) is 18.3 Å². The summed E-state index contributed by atoms with van der Waals surface area (Å²) in [6.07, 6.45) is 1.05. The van der Waals surface area contributed by atoms with E-state index < -0.39 is 27.2 Å². The minimum absolute atomic E-state index is 0.00919. The van der Waals surface area contributed by atoms with E-state index in [1.165, 1.54) is 18.2 Å². The number of nitrogens with one attached hydrogen (secondary N) is 1. The van der Waals surface area contributed by atoms with Gasteiger partial charge in [0, 0.05) is 6.26 Å². The van der Waals surface area contributed by atoms with Crippen molar-refractivity contribution in [2.45, 2.75) is 31.7 Å². The first-order valence-electron chi connectivity index (χ1n) is 6.02. The molecule has 7 heteroatoms. The van der Waals surface area contributed by atoms with Crippen LogP contribution in [0.2, 0.25) is 0 Å². The summed E-state index contributed by atoms with van der Waals surface area (Å²) in [7, 11) is -3.42. The van der Waals surface area contributed by atoms with E-state index in [0.29, 0.717) is 0 Å². The number of phenolic OH excluding ortho intramolecular Hbond substituents is 1. The van der Waals surface area contributed by atoms with Gasteiger partial charge in [0.15, 0.2) is 9.84 Å². The van der Waals surface area contributed by atoms with E-state index in [2.05, 4.69) is 5.32 Å². The van der Waals surface area contributed by atoms with Gasteiger partial charge in [-0.25, -0.2) is 8.42 Å². The molecule has 4 N–H and O–H groups in total. The Balaban J connectivity index is 3.07. The predicted molar refractivity (Wildman–Crippen MR) is 77.3 cm³/mol. The molecule has 0 spiro atoms. The number of benzene rings is 1. The Hall–Kier alpha value is -1.60. The lowest BCUT2D eigenvalue weighted by atomic mass is 9.87. The number of anilines is 1. The van der Waals surface area contributed by atoms with Crippen LogP contribution in [0.3, 0.4) is 0 Å². The molecule has 0 aliphatic heterocycles. The molecule has 0 saturated carbocycles. The van der Waals surface area contributed by atoms with Crippen LogP contribution in [0.15, 0.2) is 23.1 Å². The lowest BCUT2D eigenvalue weighted by molar-refractivity contribution is -0.119. The van der Waals surface area contributed by atoms with Crippen molar-refractivity contribution >= 4 is 21.4 Å². The largest absolute Gasteiger partial charge is 0.506 e. The number of carbonyl (C=O) groups excluding carboxylic acids is 1. The Morgan fingerprint density at radius 2 is 1.90 bits per heavy atom. The van der Waals surface area contributed by atoms with Gasteiger partial charge in [-0.3, -0.25) is 4.79 Å². The highest BCUT2D eigenvalue weighted by molar-refractivity contribution is 7.90. The maximum atomic E-state index is 12.0. The lowest BCUT2D eigenvalue weighted by Crippen LogP contribution is -2.45. The second kappa shape index (κ2) is 5.41. The zero-order chi connectivity index (χ0) is 15.7. The molecule has 0 bridgehead atoms. The number of carbonyl (C=O) groups is 1. The Morgan fingerprint density at radius 1 is 1.35 bits per heavy atom. The lowest BCUT2D eigenvalue weighted by Gasteiger charge is -2.26. The molecule has 0 aromatic heterocycles. The van der Waals surface area contributed by atoms with Crippen molar-refractivity contribution in [3.8, 4) is 5.75 Å². The molecule has 0 saturated heterocycles. The average molecular weight is 300 g/mol. The molecule has 0 aliphatic rings. The van der Waals surface area contributed by atoms with Crippen molar-refractivity contribution in [2.24, 2.45) is 11.1 Å². The fraction of sp³-hybridized carbons (Fsp3) is 0.462. The van der Waals surface area contributed by atoms with Gasteiger partial charge in [-0.15, -0.1) is 0 Å². The molecule has 0 aliphatic carbocycles. The molecule has 0 radical (unpaired) electrons. The number of hydrogen-bond acceptors (Lipinski definition) is 5. The minimum atomic E-state index is -3.42. The molecule has 1 atom stereocenters. The van der Waals surface area contributed by atoms with E-state index in [1.54, 1.807) is 0 Å². The molecule has 1 rings (SSSR count). The minimum Gasteiger partial charge on any atom is -0.506 e. The molecular weight excluding hydrogens is 280 g/mol. The van der Waals surface area contributed by atoms with Gasteiger partial charge in [-0.1, -0.05) is 20.8 Å². The molecule has 6 nitrogen and oxygen atoms in total. The molecule has 1 unspecified atom stereocenters. The van der Waals surface area contributed by atoms with Gasteiger partial charge in [0.1, 0.15) is 5.75 Å². The fourth-order valence-electron chi connectivity index (χ4n) is 1.45. The second-order valence-corrected chi connectivity index (χ2v) is 7.80. The number of sulfone groups is 1. The second-order valence-electron chi connectivity index (χ2n) is 5.78. The number of rotatable bonds is 3. The molecule has 0 fully saturated rings. The van der Waals surface area contributed by atoms with Crippen LogP contribution in [0.25, 0.3) is 0 Å². The number of phenols is 1. The van der Waals surface area contributed by atoms with Gasteiger partial charge >= 0.3 is 0 Å². The van der Waals surface area contributed by atoms with E-state index in [4.69, 9.17) is 5.73 Å². The summed E-state index contributed by atoms with van der Waals surface area (Å²) in [4.78, 5) is 12.0. The first kappa shape index (κ1) is 16.5. The summed E-state index contributed by atoms with van der Waals surface area (Å²) >= 11 is 0. The van der Waals surface area contributed by atoms with Gasteiger partial charge in [-0.05, 0) is 23.6 Å². The summed E-state index contributed by atoms with van der Waals surface area (Å²) in [5.41, 5.74) is 5.38. The molecule has 1 aromatic rings. The van der Waals surface area contributed by atoms with E-state index in [0.717, 1.165) is 6.26 Å². The Labute approximate surface area is 118 Å². The van der Waals surface area contributed by atoms with Crippen LogP contribution in [0, 0.1) is 5.41 Å². The van der Waals surface area contributed by atoms with Crippen molar-refractivity contribution in [3.05, 3.63) is 18.2 Å². The van der Waals surface area contributed by atoms with Crippen molar-refractivity contribution in [1.29, 1.82) is 0 Å². The summed E-state index contributed by atoms with van der Waals surface area (Å²) < 4.78 is 22.9. The van der Waals surface area contributed by atoms with Gasteiger partial charge < -0.3 is 16.2 Å². The Morgan fingerprint density at radius 3 is 2.35 bits per heavy atom. The first-order valence-corrected chi connectivity index (χ1v) is 7.91. The molecule has 112 valence electrons. The van der Waals surface area contributed by atoms with Crippen LogP contribution in [0.4, 0.5) is 5.69 Å². The molecule has 1 amide bonds. The van der Waals surface area contributed by atoms with Crippen LogP contribution in [-0.4, -0.2) is 31.7 Å². The van der Waals surface area contributed by atoms with Crippen molar-refractivity contribution in [2.75, 3.05) is 11.6 Å². The van der Waals surface area contributed by atoms with E-state index in [-0.39, 0.29) is 16.3 Å². The van der Waals surface area contributed by atoms with Crippen LogP contribution in [0.1, 0.15) is 20.8 Å². The smallest absolute Gasteiger partial charge is 0.241 e. The van der Waals surface area contributed by atoms with Crippen LogP contribution < -0.4 is 11.1 Å². The highest BCUT2D eigenvalue weighted by Crippen LogP contribution is 2.27. The summed E-state index contributed by atoms with van der Waals surface area (Å²) in [6, 6.07) is 2.90. The molecule has 20 heavy (non-hydrogen) atoms. The third-order valence-corrected chi connectivity index (χ3v) is 3.98. The van der Waals surface area contributed by atoms with Crippen LogP contribution in [-0.2, 0) is 14.6 Å². The van der Waals surface area contributed by atoms with Gasteiger partial charge in [0.2, 0.25) is 5.91 Å². The zero-order valence-corrected chi connectivity index (χ0v) is 12.8. The predicted octanol–water partition coefficient (Wildman–Crippen LogP) is 1.11. The van der Waals surface area contributed by atoms with Gasteiger partial charge in [-0.2, -0.15) is 0 Å². The van der Waals surface area contributed by atoms with Crippen molar-refractivity contribution in [3.63, 3.8) is 0 Å². The summed E-state index contributed by atoms with van der Waals surface area (Å²) in [5.74, 6) is -0.703. The summed E-state index contributed by atoms with van der Waals surface area (Å²) in [6.45, 7) is 5.43. The monoisotopic (exact) mass is 300 g/mol. The number of aromatic hydroxyl groups is 1. The first-order chi connectivity index (χ1) is 8.93.